The Balaban J connectivity index is 2.07. The highest BCUT2D eigenvalue weighted by molar-refractivity contribution is 5.88. The maximum atomic E-state index is 12.9. The van der Waals surface area contributed by atoms with Crippen molar-refractivity contribution in [3.8, 4) is 0 Å². The van der Waals surface area contributed by atoms with Crippen molar-refractivity contribution in [3.63, 3.8) is 0 Å². The van der Waals surface area contributed by atoms with E-state index in [1.165, 1.54) is 24.3 Å². The predicted molar refractivity (Wildman–Crippen MR) is 70.0 cm³/mol. The molecule has 0 bridgehead atoms. The van der Waals surface area contributed by atoms with Crippen LogP contribution >= 0.6 is 0 Å². The molecule has 2 atom stereocenters. The number of amides is 2. The molecule has 0 spiro atoms. The summed E-state index contributed by atoms with van der Waals surface area (Å²) in [6.07, 6.45) is 1.54. The topological polar surface area (TPSA) is 81.4 Å². The second-order valence-electron chi connectivity index (χ2n) is 4.81. The Morgan fingerprint density at radius 2 is 2.05 bits per heavy atom. The van der Waals surface area contributed by atoms with Crippen LogP contribution in [0.5, 0.6) is 0 Å². The Bertz CT molecular complexity index is 484. The van der Waals surface area contributed by atoms with Crippen molar-refractivity contribution in [2.45, 2.75) is 18.9 Å². The van der Waals surface area contributed by atoms with Gasteiger partial charge in [-0.2, -0.15) is 0 Å². The first-order valence-electron chi connectivity index (χ1n) is 6.51. The lowest BCUT2D eigenvalue weighted by molar-refractivity contribution is -0.133. The molecule has 1 saturated heterocycles. The van der Waals surface area contributed by atoms with Gasteiger partial charge in [-0.25, -0.2) is 4.39 Å². The lowest BCUT2D eigenvalue weighted by Crippen LogP contribution is -2.42. The molecule has 0 radical (unpaired) electrons. The molecule has 1 aliphatic rings. The maximum Gasteiger partial charge on any atom is 0.244 e. The van der Waals surface area contributed by atoms with Crippen LogP contribution in [-0.4, -0.2) is 25.0 Å². The maximum absolute atomic E-state index is 12.9. The molecule has 0 aromatic heterocycles. The zero-order chi connectivity index (χ0) is 14.5. The first-order valence-corrected chi connectivity index (χ1v) is 6.51. The highest BCUT2D eigenvalue weighted by Crippen LogP contribution is 2.18. The third-order valence-corrected chi connectivity index (χ3v) is 3.31. The largest absolute Gasteiger partial charge is 0.381 e. The van der Waals surface area contributed by atoms with E-state index in [2.05, 4.69) is 5.32 Å². The Morgan fingerprint density at radius 1 is 1.35 bits per heavy atom. The van der Waals surface area contributed by atoms with Gasteiger partial charge in [0.25, 0.3) is 0 Å². The number of halogens is 1. The Kier molecular flexibility index (Phi) is 4.68. The molecule has 20 heavy (non-hydrogen) atoms. The molecule has 1 aliphatic heterocycles. The second kappa shape index (κ2) is 6.47. The van der Waals surface area contributed by atoms with Crippen molar-refractivity contribution in [1.29, 1.82) is 0 Å². The number of carbonyl (C=O) groups is 2. The van der Waals surface area contributed by atoms with Crippen molar-refractivity contribution in [1.82, 2.24) is 5.32 Å². The van der Waals surface area contributed by atoms with E-state index < -0.39 is 17.8 Å². The van der Waals surface area contributed by atoms with Crippen molar-refractivity contribution in [2.75, 3.05) is 13.2 Å². The highest BCUT2D eigenvalue weighted by Gasteiger charge is 2.26. The van der Waals surface area contributed by atoms with Gasteiger partial charge in [-0.05, 0) is 30.5 Å². The second-order valence-corrected chi connectivity index (χ2v) is 4.81. The summed E-state index contributed by atoms with van der Waals surface area (Å²) >= 11 is 0. The van der Waals surface area contributed by atoms with Crippen LogP contribution in [0.2, 0.25) is 0 Å². The van der Waals surface area contributed by atoms with Gasteiger partial charge in [0.2, 0.25) is 11.8 Å². The number of rotatable bonds is 4. The van der Waals surface area contributed by atoms with Gasteiger partial charge < -0.3 is 15.8 Å². The van der Waals surface area contributed by atoms with Crippen molar-refractivity contribution in [2.24, 2.45) is 11.7 Å². The number of primary amides is 1. The van der Waals surface area contributed by atoms with Gasteiger partial charge >= 0.3 is 0 Å². The van der Waals surface area contributed by atoms with Gasteiger partial charge in [-0.15, -0.1) is 0 Å². The van der Waals surface area contributed by atoms with Crippen LogP contribution in [0.15, 0.2) is 24.3 Å². The monoisotopic (exact) mass is 280 g/mol. The zero-order valence-corrected chi connectivity index (χ0v) is 11.0. The van der Waals surface area contributed by atoms with Gasteiger partial charge in [-0.1, -0.05) is 12.1 Å². The molecule has 1 aromatic rings. The average Bonchev–Trinajstić information content (AvgIpc) is 2.46. The molecule has 5 nitrogen and oxygen atoms in total. The van der Waals surface area contributed by atoms with E-state index in [4.69, 9.17) is 10.5 Å². The van der Waals surface area contributed by atoms with Crippen LogP contribution in [-0.2, 0) is 14.3 Å². The van der Waals surface area contributed by atoms with Gasteiger partial charge in [0.15, 0.2) is 0 Å². The summed E-state index contributed by atoms with van der Waals surface area (Å²) in [6, 6.07) is 4.36. The third-order valence-electron chi connectivity index (χ3n) is 3.31. The number of hydrogen-bond donors (Lipinski definition) is 2. The van der Waals surface area contributed by atoms with Gasteiger partial charge in [0, 0.05) is 6.61 Å². The van der Waals surface area contributed by atoms with Crippen LogP contribution in [0.1, 0.15) is 24.4 Å². The number of nitrogens with one attached hydrogen (secondary N) is 1. The molecule has 6 heteroatoms. The Labute approximate surface area is 116 Å². The Hall–Kier alpha value is -1.95. The zero-order valence-electron chi connectivity index (χ0n) is 11.0. The van der Waals surface area contributed by atoms with E-state index in [9.17, 15) is 14.0 Å². The van der Waals surface area contributed by atoms with Crippen LogP contribution in [0, 0.1) is 11.7 Å². The smallest absolute Gasteiger partial charge is 0.244 e. The minimum absolute atomic E-state index is 0.266. The van der Waals surface area contributed by atoms with Crippen LogP contribution in [0.25, 0.3) is 0 Å². The SMILES string of the molecule is NC(=O)[C@@H](NC(=O)[C@H]1CCCOC1)c1ccc(F)cc1. The highest BCUT2D eigenvalue weighted by atomic mass is 19.1. The minimum Gasteiger partial charge on any atom is -0.381 e. The van der Waals surface area contributed by atoms with E-state index in [1.54, 1.807) is 0 Å². The summed E-state index contributed by atoms with van der Waals surface area (Å²) in [6.45, 7) is 1.00. The van der Waals surface area contributed by atoms with Gasteiger partial charge in [0.1, 0.15) is 11.9 Å². The molecule has 1 fully saturated rings. The van der Waals surface area contributed by atoms with E-state index >= 15 is 0 Å². The molecule has 0 unspecified atom stereocenters. The van der Waals surface area contributed by atoms with Gasteiger partial charge in [0.05, 0.1) is 12.5 Å². The third kappa shape index (κ3) is 3.54. The lowest BCUT2D eigenvalue weighted by atomic mass is 9.99. The van der Waals surface area contributed by atoms with E-state index in [0.717, 1.165) is 12.8 Å². The molecule has 0 aliphatic carbocycles. The Morgan fingerprint density at radius 3 is 2.60 bits per heavy atom. The average molecular weight is 280 g/mol. The normalized spacial score (nSPS) is 20.1. The lowest BCUT2D eigenvalue weighted by Gasteiger charge is -2.24. The number of hydrogen-bond acceptors (Lipinski definition) is 3. The van der Waals surface area contributed by atoms with Gasteiger partial charge in [-0.3, -0.25) is 9.59 Å². The summed E-state index contributed by atoms with van der Waals surface area (Å²) in [5.74, 6) is -1.63. The fourth-order valence-corrected chi connectivity index (χ4v) is 2.18. The van der Waals surface area contributed by atoms with Crippen molar-refractivity contribution in [3.05, 3.63) is 35.6 Å². The van der Waals surface area contributed by atoms with E-state index in [1.807, 2.05) is 0 Å². The standard InChI is InChI=1S/C14H17FN2O3/c15-11-5-3-9(4-6-11)12(13(16)18)17-14(19)10-2-1-7-20-8-10/h3-6,10,12H,1-2,7-8H2,(H2,16,18)(H,17,19)/t10-,12-/m0/s1. The molecular formula is C14H17FN2O3. The first kappa shape index (κ1) is 14.5. The summed E-state index contributed by atoms with van der Waals surface area (Å²) in [5, 5.41) is 2.61. The molecule has 1 aromatic carbocycles. The molecule has 2 rings (SSSR count). The molecule has 0 saturated carbocycles. The number of ether oxygens (including phenoxy) is 1. The molecule has 2 amide bonds. The predicted octanol–water partition coefficient (Wildman–Crippen LogP) is 0.895. The molecule has 3 N–H and O–H groups in total. The molecule has 108 valence electrons. The first-order chi connectivity index (χ1) is 9.58. The summed E-state index contributed by atoms with van der Waals surface area (Å²) in [7, 11) is 0. The minimum atomic E-state index is -0.954. The number of carbonyl (C=O) groups excluding carboxylic acids is 2. The summed E-state index contributed by atoms with van der Waals surface area (Å²) in [5.41, 5.74) is 5.77. The van der Waals surface area contributed by atoms with E-state index in [-0.39, 0.29) is 11.8 Å². The number of nitrogens with two attached hydrogens (primary N) is 1. The fraction of sp³-hybridized carbons (Fsp3) is 0.429. The van der Waals surface area contributed by atoms with Crippen LogP contribution in [0.3, 0.4) is 0 Å². The summed E-state index contributed by atoms with van der Waals surface area (Å²) in [4.78, 5) is 23.6. The van der Waals surface area contributed by atoms with Crippen LogP contribution in [0.4, 0.5) is 4.39 Å². The van der Waals surface area contributed by atoms with Crippen LogP contribution < -0.4 is 11.1 Å². The molecule has 1 heterocycles. The van der Waals surface area contributed by atoms with Crippen molar-refractivity contribution >= 4 is 11.8 Å². The van der Waals surface area contributed by atoms with E-state index in [0.29, 0.717) is 18.8 Å². The summed E-state index contributed by atoms with van der Waals surface area (Å²) < 4.78 is 18.1. The quantitative estimate of drug-likeness (QED) is 0.859. The van der Waals surface area contributed by atoms with Crippen molar-refractivity contribution < 1.29 is 18.7 Å². The number of benzene rings is 1. The fourth-order valence-electron chi connectivity index (χ4n) is 2.18. The molecular weight excluding hydrogens is 263 g/mol.